The summed E-state index contributed by atoms with van der Waals surface area (Å²) in [7, 11) is 4.30. The van der Waals surface area contributed by atoms with Crippen LogP contribution in [0.1, 0.15) is 25.3 Å². The first-order valence-corrected chi connectivity index (χ1v) is 9.95. The first-order valence-electron chi connectivity index (χ1n) is 9.95. The molecule has 29 heavy (non-hydrogen) atoms. The number of carbonyl (C=O) groups excluding carboxylic acids is 1. The van der Waals surface area contributed by atoms with Crippen molar-refractivity contribution < 1.29 is 9.53 Å². The Morgan fingerprint density at radius 1 is 1.17 bits per heavy atom. The minimum absolute atomic E-state index is 0.217. The fourth-order valence-electron chi connectivity index (χ4n) is 3.48. The molecule has 0 spiro atoms. The normalized spacial score (nSPS) is 15.9. The maximum absolute atomic E-state index is 12.4. The van der Waals surface area contributed by atoms with Crippen LogP contribution >= 0.6 is 0 Å². The molecule has 1 N–H and O–H groups in total. The summed E-state index contributed by atoms with van der Waals surface area (Å²) < 4.78 is 5.66. The van der Waals surface area contributed by atoms with Crippen molar-refractivity contribution >= 4 is 17.3 Å². The van der Waals surface area contributed by atoms with Gasteiger partial charge in [0.2, 0.25) is 0 Å². The number of nitrogens with one attached hydrogen (secondary N) is 1. The molecule has 0 saturated carbocycles. The van der Waals surface area contributed by atoms with Gasteiger partial charge in [-0.3, -0.25) is 4.79 Å². The molecule has 6 heteroatoms. The van der Waals surface area contributed by atoms with Crippen molar-refractivity contribution in [3.05, 3.63) is 54.1 Å². The predicted octanol–water partition coefficient (Wildman–Crippen LogP) is 3.49. The summed E-state index contributed by atoms with van der Waals surface area (Å²) in [6.07, 6.45) is 1.68. The zero-order valence-corrected chi connectivity index (χ0v) is 17.3. The summed E-state index contributed by atoms with van der Waals surface area (Å²) in [6.45, 7) is 3.95. The van der Waals surface area contributed by atoms with Crippen LogP contribution in [0.2, 0.25) is 0 Å². The number of nitrogens with zero attached hydrogens (tertiary/aromatic N) is 3. The van der Waals surface area contributed by atoms with Gasteiger partial charge in [0.15, 0.2) is 6.10 Å². The summed E-state index contributed by atoms with van der Waals surface area (Å²) in [6, 6.07) is 17.3. The van der Waals surface area contributed by atoms with Crippen molar-refractivity contribution in [2.75, 3.05) is 37.4 Å². The third-order valence-corrected chi connectivity index (χ3v) is 5.44. The third kappa shape index (κ3) is 5.49. The predicted molar refractivity (Wildman–Crippen MR) is 115 cm³/mol. The van der Waals surface area contributed by atoms with Crippen molar-refractivity contribution in [2.24, 2.45) is 0 Å². The second kappa shape index (κ2) is 9.44. The van der Waals surface area contributed by atoms with E-state index in [2.05, 4.69) is 35.3 Å². The molecule has 6 nitrogen and oxygen atoms in total. The highest BCUT2D eigenvalue weighted by Gasteiger charge is 2.21. The molecule has 3 rings (SSSR count). The average Bonchev–Trinajstić information content (AvgIpc) is 2.75. The topological polar surface area (TPSA) is 68.6 Å². The molecule has 1 fully saturated rings. The summed E-state index contributed by atoms with van der Waals surface area (Å²) in [5, 5.41) is 11.7. The molecule has 2 aromatic carbocycles. The van der Waals surface area contributed by atoms with E-state index in [0.29, 0.717) is 17.4 Å². The molecule has 1 atom stereocenters. The number of hydrogen-bond acceptors (Lipinski definition) is 5. The Kier molecular flexibility index (Phi) is 6.73. The number of anilines is 2. The first kappa shape index (κ1) is 20.7. The lowest BCUT2D eigenvalue weighted by atomic mass is 10.0. The van der Waals surface area contributed by atoms with Crippen molar-refractivity contribution in [3.63, 3.8) is 0 Å². The molecule has 0 aliphatic carbocycles. The lowest BCUT2D eigenvalue weighted by Gasteiger charge is -2.36. The maximum Gasteiger partial charge on any atom is 0.265 e. The molecule has 1 amide bonds. The lowest BCUT2D eigenvalue weighted by molar-refractivity contribution is -0.122. The summed E-state index contributed by atoms with van der Waals surface area (Å²) in [5.74, 6) is 0.340. The van der Waals surface area contributed by atoms with Crippen LogP contribution in [0.25, 0.3) is 0 Å². The Labute approximate surface area is 172 Å². The molecule has 0 radical (unpaired) electrons. The van der Waals surface area contributed by atoms with Crippen LogP contribution in [0.4, 0.5) is 11.4 Å². The van der Waals surface area contributed by atoms with Crippen molar-refractivity contribution in [2.45, 2.75) is 31.9 Å². The van der Waals surface area contributed by atoms with Gasteiger partial charge in [0.1, 0.15) is 5.75 Å². The molecule has 1 aliphatic heterocycles. The Balaban J connectivity index is 1.54. The van der Waals surface area contributed by atoms with E-state index in [-0.39, 0.29) is 5.91 Å². The Morgan fingerprint density at radius 2 is 1.79 bits per heavy atom. The van der Waals surface area contributed by atoms with E-state index in [1.54, 1.807) is 31.2 Å². The van der Waals surface area contributed by atoms with Crippen LogP contribution in [0, 0.1) is 11.3 Å². The average molecular weight is 393 g/mol. The molecule has 1 unspecified atom stereocenters. The molecule has 0 bridgehead atoms. The summed E-state index contributed by atoms with van der Waals surface area (Å²) in [5.41, 5.74) is 2.45. The molecule has 152 valence electrons. The molecule has 1 saturated heterocycles. The van der Waals surface area contributed by atoms with Gasteiger partial charge in [-0.15, -0.1) is 0 Å². The van der Waals surface area contributed by atoms with Gasteiger partial charge in [0, 0.05) is 24.5 Å². The van der Waals surface area contributed by atoms with E-state index < -0.39 is 6.10 Å². The van der Waals surface area contributed by atoms with Gasteiger partial charge in [-0.2, -0.15) is 5.26 Å². The number of amides is 1. The van der Waals surface area contributed by atoms with E-state index in [1.807, 2.05) is 24.3 Å². The van der Waals surface area contributed by atoms with Crippen molar-refractivity contribution in [3.8, 4) is 11.8 Å². The first-order chi connectivity index (χ1) is 14.0. The zero-order valence-electron chi connectivity index (χ0n) is 17.3. The highest BCUT2D eigenvalue weighted by molar-refractivity contribution is 5.94. The Hall–Kier alpha value is -3.04. The van der Waals surface area contributed by atoms with E-state index in [4.69, 9.17) is 10.00 Å². The number of likely N-dealkylation sites (tertiary alicyclic amines) is 1. The van der Waals surface area contributed by atoms with E-state index in [9.17, 15) is 4.79 Å². The smallest absolute Gasteiger partial charge is 0.265 e. The molecular weight excluding hydrogens is 364 g/mol. The van der Waals surface area contributed by atoms with Crippen LogP contribution in [0.15, 0.2) is 48.5 Å². The monoisotopic (exact) mass is 392 g/mol. The van der Waals surface area contributed by atoms with Gasteiger partial charge in [-0.25, -0.2) is 0 Å². The number of hydrogen-bond donors (Lipinski definition) is 1. The van der Waals surface area contributed by atoms with Crippen LogP contribution in [-0.2, 0) is 4.79 Å². The van der Waals surface area contributed by atoms with E-state index in [1.165, 1.54) is 0 Å². The fourth-order valence-corrected chi connectivity index (χ4v) is 3.48. The SMILES string of the molecule is CC(Oc1ccc(C#N)cc1)C(=O)Nc1ccc(N(C)C2CCN(C)CC2)cc1. The quantitative estimate of drug-likeness (QED) is 0.815. The minimum Gasteiger partial charge on any atom is -0.481 e. The van der Waals surface area contributed by atoms with Gasteiger partial charge in [0.05, 0.1) is 11.6 Å². The maximum atomic E-state index is 12.4. The highest BCUT2D eigenvalue weighted by atomic mass is 16.5. The highest BCUT2D eigenvalue weighted by Crippen LogP contribution is 2.23. The number of carbonyl (C=O) groups is 1. The molecular formula is C23H28N4O2. The van der Waals surface area contributed by atoms with Crippen LogP contribution in [-0.4, -0.2) is 50.1 Å². The van der Waals surface area contributed by atoms with Crippen molar-refractivity contribution in [1.29, 1.82) is 5.26 Å². The van der Waals surface area contributed by atoms with Crippen LogP contribution in [0.5, 0.6) is 5.75 Å². The molecule has 1 aliphatic rings. The van der Waals surface area contributed by atoms with Crippen LogP contribution in [0.3, 0.4) is 0 Å². The zero-order chi connectivity index (χ0) is 20.8. The molecule has 2 aromatic rings. The summed E-state index contributed by atoms with van der Waals surface area (Å²) in [4.78, 5) is 17.1. The van der Waals surface area contributed by atoms with Gasteiger partial charge in [0.25, 0.3) is 5.91 Å². The number of rotatable bonds is 6. The second-order valence-corrected chi connectivity index (χ2v) is 7.58. The number of piperidine rings is 1. The Bertz CT molecular complexity index is 850. The minimum atomic E-state index is -0.649. The van der Waals surface area contributed by atoms with Crippen LogP contribution < -0.4 is 15.0 Å². The van der Waals surface area contributed by atoms with Crippen molar-refractivity contribution in [1.82, 2.24) is 4.90 Å². The second-order valence-electron chi connectivity index (χ2n) is 7.58. The van der Waals surface area contributed by atoms with Gasteiger partial charge < -0.3 is 19.9 Å². The van der Waals surface area contributed by atoms with E-state index in [0.717, 1.165) is 37.3 Å². The van der Waals surface area contributed by atoms with E-state index >= 15 is 0 Å². The number of benzene rings is 2. The van der Waals surface area contributed by atoms with Gasteiger partial charge in [-0.05, 0) is 88.4 Å². The fraction of sp³-hybridized carbons (Fsp3) is 0.391. The number of ether oxygens (including phenoxy) is 1. The summed E-state index contributed by atoms with van der Waals surface area (Å²) >= 11 is 0. The van der Waals surface area contributed by atoms with Gasteiger partial charge in [-0.1, -0.05) is 0 Å². The standard InChI is InChI=1S/C23H28N4O2/c1-17(29-22-10-4-18(16-24)5-11-22)23(28)25-19-6-8-20(9-7-19)27(3)21-12-14-26(2)15-13-21/h4-11,17,21H,12-15H2,1-3H3,(H,25,28). The number of nitriles is 1. The lowest BCUT2D eigenvalue weighted by Crippen LogP contribution is -2.41. The van der Waals surface area contributed by atoms with Gasteiger partial charge >= 0.3 is 0 Å². The largest absolute Gasteiger partial charge is 0.481 e. The third-order valence-electron chi connectivity index (χ3n) is 5.44. The molecule has 1 heterocycles. The Morgan fingerprint density at radius 3 is 2.38 bits per heavy atom. The molecule has 0 aromatic heterocycles.